The van der Waals surface area contributed by atoms with Crippen LogP contribution < -0.4 is 9.44 Å². The quantitative estimate of drug-likeness (QED) is 0.666. The first-order chi connectivity index (χ1) is 12.5. The lowest BCUT2D eigenvalue weighted by atomic mass is 10.2. The van der Waals surface area contributed by atoms with Crippen LogP contribution in [0, 0.1) is 13.8 Å². The number of rotatable bonds is 8. The highest BCUT2D eigenvalue weighted by Gasteiger charge is 2.23. The molecule has 1 aromatic heterocycles. The molecule has 0 amide bonds. The van der Waals surface area contributed by atoms with Gasteiger partial charge in [0.2, 0.25) is 10.0 Å². The van der Waals surface area contributed by atoms with E-state index in [4.69, 9.17) is 0 Å². The van der Waals surface area contributed by atoms with Crippen LogP contribution >= 0.6 is 11.3 Å². The highest BCUT2D eigenvalue weighted by molar-refractivity contribution is 7.90. The molecular weight excluding hydrogens is 408 g/mol. The molecule has 2 rings (SSSR count). The molecule has 1 atom stereocenters. The number of hydrogen-bond donors (Lipinski definition) is 2. The van der Waals surface area contributed by atoms with Crippen molar-refractivity contribution in [2.24, 2.45) is 0 Å². The molecule has 0 bridgehead atoms. The minimum absolute atomic E-state index is 0.0544. The van der Waals surface area contributed by atoms with Crippen molar-refractivity contribution in [3.05, 3.63) is 39.8 Å². The molecular formula is C16H24N4O4S3. The Morgan fingerprint density at radius 2 is 1.70 bits per heavy atom. The zero-order valence-corrected chi connectivity index (χ0v) is 18.3. The zero-order chi connectivity index (χ0) is 20.4. The van der Waals surface area contributed by atoms with E-state index in [1.807, 2.05) is 20.8 Å². The van der Waals surface area contributed by atoms with Gasteiger partial charge in [-0.25, -0.2) is 18.1 Å². The van der Waals surface area contributed by atoms with Gasteiger partial charge in [-0.05, 0) is 44.5 Å². The van der Waals surface area contributed by atoms with Gasteiger partial charge < -0.3 is 0 Å². The Hall–Kier alpha value is -1.53. The maximum atomic E-state index is 12.7. The average Bonchev–Trinajstić information content (AvgIpc) is 2.91. The van der Waals surface area contributed by atoms with E-state index in [0.29, 0.717) is 6.42 Å². The largest absolute Gasteiger partial charge is 0.301 e. The smallest absolute Gasteiger partial charge is 0.271 e. The SMILES string of the molecule is CC[C@@H](NS(=O)(=O)c1ccc(NS(=O)(=O)N(C)C)cc1)c1nc(C)c(C)s1. The molecule has 0 radical (unpaired) electrons. The van der Waals surface area contributed by atoms with E-state index in [9.17, 15) is 16.8 Å². The molecule has 27 heavy (non-hydrogen) atoms. The monoisotopic (exact) mass is 432 g/mol. The highest BCUT2D eigenvalue weighted by atomic mass is 32.2. The summed E-state index contributed by atoms with van der Waals surface area (Å²) >= 11 is 1.48. The summed E-state index contributed by atoms with van der Waals surface area (Å²) in [5.41, 5.74) is 1.17. The topological polar surface area (TPSA) is 108 Å². The van der Waals surface area contributed by atoms with Crippen LogP contribution in [0.3, 0.4) is 0 Å². The van der Waals surface area contributed by atoms with Crippen LogP contribution in [0.2, 0.25) is 0 Å². The van der Waals surface area contributed by atoms with Gasteiger partial charge in [-0.1, -0.05) is 6.92 Å². The summed E-state index contributed by atoms with van der Waals surface area (Å²) in [5.74, 6) is 0. The number of aromatic nitrogens is 1. The van der Waals surface area contributed by atoms with Crippen LogP contribution in [0.4, 0.5) is 5.69 Å². The molecule has 2 aromatic rings. The summed E-state index contributed by atoms with van der Waals surface area (Å²) in [6.45, 7) is 5.73. The molecule has 0 spiro atoms. The molecule has 0 aliphatic rings. The second-order valence-electron chi connectivity index (χ2n) is 6.19. The van der Waals surface area contributed by atoms with E-state index in [2.05, 4.69) is 14.4 Å². The summed E-state index contributed by atoms with van der Waals surface area (Å²) in [4.78, 5) is 5.55. The van der Waals surface area contributed by atoms with Gasteiger partial charge in [0.1, 0.15) is 5.01 Å². The van der Waals surface area contributed by atoms with Crippen molar-refractivity contribution in [1.82, 2.24) is 14.0 Å². The van der Waals surface area contributed by atoms with Gasteiger partial charge in [-0.15, -0.1) is 11.3 Å². The number of sulfonamides is 1. The lowest BCUT2D eigenvalue weighted by Gasteiger charge is -2.16. The molecule has 0 aliphatic heterocycles. The zero-order valence-electron chi connectivity index (χ0n) is 15.8. The predicted octanol–water partition coefficient (Wildman–Crippen LogP) is 2.41. The Morgan fingerprint density at radius 3 is 2.15 bits per heavy atom. The van der Waals surface area contributed by atoms with E-state index < -0.39 is 26.3 Å². The van der Waals surface area contributed by atoms with Gasteiger partial charge in [0, 0.05) is 24.7 Å². The van der Waals surface area contributed by atoms with Gasteiger partial charge in [-0.2, -0.15) is 12.7 Å². The second-order valence-corrected chi connectivity index (χ2v) is 11.0. The third kappa shape index (κ3) is 5.26. The summed E-state index contributed by atoms with van der Waals surface area (Å²) < 4.78 is 55.1. The standard InChI is InChI=1S/C16H24N4O4S3/c1-6-15(16-17-11(2)12(3)25-16)19-26(21,22)14-9-7-13(8-10-14)18-27(23,24)20(4)5/h7-10,15,18-19H,6H2,1-5H3/t15-/m1/s1. The van der Waals surface area contributed by atoms with Crippen molar-refractivity contribution in [1.29, 1.82) is 0 Å². The molecule has 0 unspecified atom stereocenters. The molecule has 0 aliphatic carbocycles. The first-order valence-corrected chi connectivity index (χ1v) is 12.0. The molecule has 1 aromatic carbocycles. The first-order valence-electron chi connectivity index (χ1n) is 8.23. The van der Waals surface area contributed by atoms with Crippen LogP contribution in [0.15, 0.2) is 29.2 Å². The molecule has 0 saturated heterocycles. The van der Waals surface area contributed by atoms with Gasteiger partial charge >= 0.3 is 10.2 Å². The van der Waals surface area contributed by atoms with Crippen LogP contribution in [0.1, 0.15) is 35.0 Å². The fraction of sp³-hybridized carbons (Fsp3) is 0.438. The van der Waals surface area contributed by atoms with E-state index in [1.165, 1.54) is 49.7 Å². The van der Waals surface area contributed by atoms with Crippen molar-refractivity contribution >= 4 is 37.3 Å². The molecule has 0 saturated carbocycles. The van der Waals surface area contributed by atoms with Crippen molar-refractivity contribution in [2.45, 2.75) is 38.1 Å². The third-order valence-corrected chi connectivity index (χ3v) is 8.07. The minimum Gasteiger partial charge on any atom is -0.271 e. The number of benzene rings is 1. The number of thiazole rings is 1. The van der Waals surface area contributed by atoms with Gasteiger partial charge in [-0.3, -0.25) is 4.72 Å². The second kappa shape index (κ2) is 8.23. The maximum Gasteiger partial charge on any atom is 0.301 e. The highest BCUT2D eigenvalue weighted by Crippen LogP contribution is 2.27. The first kappa shape index (κ1) is 21.8. The summed E-state index contributed by atoms with van der Waals surface area (Å²) in [7, 11) is -4.62. The third-order valence-electron chi connectivity index (χ3n) is 3.94. The molecule has 150 valence electrons. The number of aryl methyl sites for hydroxylation is 2. The average molecular weight is 433 g/mol. The Labute approximate surface area is 164 Å². The lowest BCUT2D eigenvalue weighted by Crippen LogP contribution is -2.29. The summed E-state index contributed by atoms with van der Waals surface area (Å²) in [6, 6.07) is 5.13. The lowest BCUT2D eigenvalue weighted by molar-refractivity contribution is 0.527. The fourth-order valence-electron chi connectivity index (χ4n) is 2.15. The molecule has 8 nitrogen and oxygen atoms in total. The van der Waals surface area contributed by atoms with Crippen LogP contribution in [0.5, 0.6) is 0 Å². The number of nitrogens with zero attached hydrogens (tertiary/aromatic N) is 2. The number of nitrogens with one attached hydrogen (secondary N) is 2. The van der Waals surface area contributed by atoms with Crippen molar-refractivity contribution < 1.29 is 16.8 Å². The summed E-state index contributed by atoms with van der Waals surface area (Å²) in [6.07, 6.45) is 0.562. The molecule has 1 heterocycles. The van der Waals surface area contributed by atoms with Gasteiger partial charge in [0.25, 0.3) is 0 Å². The van der Waals surface area contributed by atoms with E-state index >= 15 is 0 Å². The normalized spacial score (nSPS) is 13.7. The minimum atomic E-state index is -3.77. The van der Waals surface area contributed by atoms with Gasteiger partial charge in [0.15, 0.2) is 0 Å². The molecule has 2 N–H and O–H groups in total. The number of anilines is 1. The summed E-state index contributed by atoms with van der Waals surface area (Å²) in [5, 5.41) is 0.728. The van der Waals surface area contributed by atoms with Crippen molar-refractivity contribution in [2.75, 3.05) is 18.8 Å². The Bertz CT molecular complexity index is 977. The molecule has 0 fully saturated rings. The Kier molecular flexibility index (Phi) is 6.63. The van der Waals surface area contributed by atoms with Crippen LogP contribution in [-0.4, -0.2) is 40.2 Å². The van der Waals surface area contributed by atoms with Crippen LogP contribution in [0.25, 0.3) is 0 Å². The maximum absolute atomic E-state index is 12.7. The predicted molar refractivity (Wildman–Crippen MR) is 108 cm³/mol. The Balaban J connectivity index is 2.20. The fourth-order valence-corrected chi connectivity index (χ4v) is 5.18. The van der Waals surface area contributed by atoms with Crippen LogP contribution in [-0.2, 0) is 20.2 Å². The van der Waals surface area contributed by atoms with E-state index in [1.54, 1.807) is 0 Å². The molecule has 11 heteroatoms. The van der Waals surface area contributed by atoms with Crippen molar-refractivity contribution in [3.8, 4) is 0 Å². The van der Waals surface area contributed by atoms with Gasteiger partial charge in [0.05, 0.1) is 16.6 Å². The van der Waals surface area contributed by atoms with E-state index in [0.717, 1.165) is 19.9 Å². The van der Waals surface area contributed by atoms with Crippen molar-refractivity contribution in [3.63, 3.8) is 0 Å². The van der Waals surface area contributed by atoms with E-state index in [-0.39, 0.29) is 10.6 Å². The number of hydrogen-bond acceptors (Lipinski definition) is 6. The Morgan fingerprint density at radius 1 is 1.11 bits per heavy atom.